The number of para-hydroxylation sites is 1. The number of hydrogen-bond acceptors (Lipinski definition) is 4. The second-order valence-electron chi connectivity index (χ2n) is 4.17. The van der Waals surface area contributed by atoms with Gasteiger partial charge >= 0.3 is 0 Å². The van der Waals surface area contributed by atoms with Crippen molar-refractivity contribution in [1.82, 2.24) is 5.06 Å². The van der Waals surface area contributed by atoms with Crippen LogP contribution < -0.4 is 10.5 Å². The Bertz CT molecular complexity index is 351. The van der Waals surface area contributed by atoms with Crippen LogP contribution in [0.2, 0.25) is 0 Å². The Morgan fingerprint density at radius 2 is 2.24 bits per heavy atom. The molecule has 1 saturated heterocycles. The Morgan fingerprint density at radius 3 is 2.88 bits per heavy atom. The van der Waals surface area contributed by atoms with E-state index in [1.165, 1.54) is 0 Å². The van der Waals surface area contributed by atoms with Crippen LogP contribution in [0.1, 0.15) is 24.4 Å². The van der Waals surface area contributed by atoms with Crippen molar-refractivity contribution >= 4 is 0 Å². The standard InChI is InChI=1S/C13H20N2O2/c1-16-13-7-3-2-6-11(13)12(10-14)15-8-4-5-9-17-15/h2-3,6-7,12H,4-5,8-10,14H2,1H3. The van der Waals surface area contributed by atoms with Crippen molar-refractivity contribution in [2.24, 2.45) is 5.73 Å². The van der Waals surface area contributed by atoms with Crippen molar-refractivity contribution in [2.45, 2.75) is 18.9 Å². The first kappa shape index (κ1) is 12.4. The smallest absolute Gasteiger partial charge is 0.123 e. The Hall–Kier alpha value is -1.10. The Kier molecular flexibility index (Phi) is 4.36. The molecule has 17 heavy (non-hydrogen) atoms. The molecular formula is C13H20N2O2. The highest BCUT2D eigenvalue weighted by molar-refractivity contribution is 5.36. The topological polar surface area (TPSA) is 47.7 Å². The summed E-state index contributed by atoms with van der Waals surface area (Å²) in [6.07, 6.45) is 2.28. The minimum atomic E-state index is 0.0754. The maximum absolute atomic E-state index is 5.88. The van der Waals surface area contributed by atoms with E-state index >= 15 is 0 Å². The number of ether oxygens (including phenoxy) is 1. The number of nitrogens with two attached hydrogens (primary N) is 1. The third-order valence-electron chi connectivity index (χ3n) is 3.10. The minimum absolute atomic E-state index is 0.0754. The van der Waals surface area contributed by atoms with Crippen LogP contribution in [0.3, 0.4) is 0 Å². The van der Waals surface area contributed by atoms with Crippen LogP contribution in [-0.4, -0.2) is 31.9 Å². The Morgan fingerprint density at radius 1 is 1.41 bits per heavy atom. The van der Waals surface area contributed by atoms with Gasteiger partial charge in [-0.25, -0.2) is 0 Å². The van der Waals surface area contributed by atoms with E-state index in [-0.39, 0.29) is 6.04 Å². The van der Waals surface area contributed by atoms with Crippen LogP contribution >= 0.6 is 0 Å². The van der Waals surface area contributed by atoms with E-state index in [0.717, 1.165) is 37.3 Å². The van der Waals surface area contributed by atoms with Gasteiger partial charge in [-0.05, 0) is 18.9 Å². The molecule has 1 aromatic carbocycles. The summed E-state index contributed by atoms with van der Waals surface area (Å²) in [7, 11) is 1.68. The lowest BCUT2D eigenvalue weighted by Gasteiger charge is -2.33. The normalized spacial score (nSPS) is 18.9. The zero-order valence-electron chi connectivity index (χ0n) is 10.3. The lowest BCUT2D eigenvalue weighted by atomic mass is 10.0. The summed E-state index contributed by atoms with van der Waals surface area (Å²) in [4.78, 5) is 5.68. The number of methoxy groups -OCH3 is 1. The monoisotopic (exact) mass is 236 g/mol. The molecule has 1 aliphatic rings. The van der Waals surface area contributed by atoms with Crippen molar-refractivity contribution in [2.75, 3.05) is 26.8 Å². The second kappa shape index (κ2) is 6.00. The first-order valence-electron chi connectivity index (χ1n) is 6.09. The number of hydroxylamine groups is 2. The summed E-state index contributed by atoms with van der Waals surface area (Å²) in [5.41, 5.74) is 6.98. The van der Waals surface area contributed by atoms with Gasteiger partial charge in [0.25, 0.3) is 0 Å². The minimum Gasteiger partial charge on any atom is -0.496 e. The fraction of sp³-hybridized carbons (Fsp3) is 0.538. The average molecular weight is 236 g/mol. The molecular weight excluding hydrogens is 216 g/mol. The largest absolute Gasteiger partial charge is 0.496 e. The highest BCUT2D eigenvalue weighted by Gasteiger charge is 2.24. The third-order valence-corrected chi connectivity index (χ3v) is 3.10. The summed E-state index contributed by atoms with van der Waals surface area (Å²) >= 11 is 0. The second-order valence-corrected chi connectivity index (χ2v) is 4.17. The molecule has 4 heteroatoms. The number of benzene rings is 1. The fourth-order valence-electron chi connectivity index (χ4n) is 2.20. The molecule has 1 aliphatic heterocycles. The zero-order valence-corrected chi connectivity index (χ0v) is 10.3. The molecule has 2 rings (SSSR count). The van der Waals surface area contributed by atoms with E-state index in [1.54, 1.807) is 7.11 Å². The van der Waals surface area contributed by atoms with Gasteiger partial charge in [-0.3, -0.25) is 4.84 Å². The van der Waals surface area contributed by atoms with Gasteiger partial charge in [0.1, 0.15) is 5.75 Å². The summed E-state index contributed by atoms with van der Waals surface area (Å²) in [6.45, 7) is 2.24. The summed E-state index contributed by atoms with van der Waals surface area (Å²) in [5.74, 6) is 0.872. The number of rotatable bonds is 4. The average Bonchev–Trinajstić information content (AvgIpc) is 2.41. The Labute approximate surface area is 102 Å². The predicted octanol–water partition coefficient (Wildman–Crippen LogP) is 1.72. The maximum Gasteiger partial charge on any atom is 0.123 e. The lowest BCUT2D eigenvalue weighted by Crippen LogP contribution is -2.37. The van der Waals surface area contributed by atoms with Crippen molar-refractivity contribution < 1.29 is 9.57 Å². The van der Waals surface area contributed by atoms with Crippen molar-refractivity contribution in [3.63, 3.8) is 0 Å². The van der Waals surface area contributed by atoms with Gasteiger partial charge in [-0.2, -0.15) is 5.06 Å². The first-order valence-corrected chi connectivity index (χ1v) is 6.09. The van der Waals surface area contributed by atoms with Crippen LogP contribution in [0.5, 0.6) is 5.75 Å². The molecule has 0 aromatic heterocycles. The molecule has 0 amide bonds. The fourth-order valence-corrected chi connectivity index (χ4v) is 2.20. The SMILES string of the molecule is COc1ccccc1C(CN)N1CCCCO1. The molecule has 1 heterocycles. The van der Waals surface area contributed by atoms with E-state index in [2.05, 4.69) is 0 Å². The maximum atomic E-state index is 5.88. The molecule has 1 fully saturated rings. The number of hydrogen-bond donors (Lipinski definition) is 1. The van der Waals surface area contributed by atoms with E-state index in [9.17, 15) is 0 Å². The molecule has 2 N–H and O–H groups in total. The van der Waals surface area contributed by atoms with Crippen molar-refractivity contribution in [3.05, 3.63) is 29.8 Å². The van der Waals surface area contributed by atoms with Crippen LogP contribution in [-0.2, 0) is 4.84 Å². The molecule has 94 valence electrons. The lowest BCUT2D eigenvalue weighted by molar-refractivity contribution is -0.206. The van der Waals surface area contributed by atoms with Gasteiger partial charge in [-0.15, -0.1) is 0 Å². The zero-order chi connectivity index (χ0) is 12.1. The van der Waals surface area contributed by atoms with E-state index in [4.69, 9.17) is 15.3 Å². The molecule has 1 aromatic rings. The van der Waals surface area contributed by atoms with Gasteiger partial charge in [0.15, 0.2) is 0 Å². The highest BCUT2D eigenvalue weighted by atomic mass is 16.7. The summed E-state index contributed by atoms with van der Waals surface area (Å²) in [5, 5.41) is 1.99. The van der Waals surface area contributed by atoms with E-state index in [1.807, 2.05) is 29.3 Å². The van der Waals surface area contributed by atoms with Crippen LogP contribution in [0.4, 0.5) is 0 Å². The molecule has 1 unspecified atom stereocenters. The predicted molar refractivity (Wildman–Crippen MR) is 66.7 cm³/mol. The Balaban J connectivity index is 2.21. The van der Waals surface area contributed by atoms with Crippen LogP contribution in [0, 0.1) is 0 Å². The van der Waals surface area contributed by atoms with Crippen LogP contribution in [0.25, 0.3) is 0 Å². The molecule has 0 aliphatic carbocycles. The van der Waals surface area contributed by atoms with Gasteiger partial charge in [0.05, 0.1) is 19.8 Å². The van der Waals surface area contributed by atoms with E-state index in [0.29, 0.717) is 6.54 Å². The van der Waals surface area contributed by atoms with Gasteiger partial charge in [0.2, 0.25) is 0 Å². The molecule has 0 saturated carbocycles. The molecule has 4 nitrogen and oxygen atoms in total. The van der Waals surface area contributed by atoms with Crippen molar-refractivity contribution in [1.29, 1.82) is 0 Å². The molecule has 0 radical (unpaired) electrons. The van der Waals surface area contributed by atoms with Crippen LogP contribution in [0.15, 0.2) is 24.3 Å². The highest BCUT2D eigenvalue weighted by Crippen LogP contribution is 2.30. The molecule has 0 bridgehead atoms. The summed E-state index contributed by atoms with van der Waals surface area (Å²) < 4.78 is 5.38. The third kappa shape index (κ3) is 2.77. The molecule has 1 atom stereocenters. The van der Waals surface area contributed by atoms with E-state index < -0.39 is 0 Å². The van der Waals surface area contributed by atoms with Crippen molar-refractivity contribution in [3.8, 4) is 5.75 Å². The quantitative estimate of drug-likeness (QED) is 0.864. The van der Waals surface area contributed by atoms with Gasteiger partial charge in [-0.1, -0.05) is 18.2 Å². The molecule has 0 spiro atoms. The first-order chi connectivity index (χ1) is 8.36. The number of nitrogens with zero attached hydrogens (tertiary/aromatic N) is 1. The van der Waals surface area contributed by atoms with Gasteiger partial charge in [0, 0.05) is 18.7 Å². The van der Waals surface area contributed by atoms with Gasteiger partial charge < -0.3 is 10.5 Å². The summed E-state index contributed by atoms with van der Waals surface area (Å²) in [6, 6.07) is 8.06.